The smallest absolute Gasteiger partial charge is 0.0640 e. The first-order valence-electron chi connectivity index (χ1n) is 6.95. The van der Waals surface area contributed by atoms with E-state index in [1.165, 1.54) is 0 Å². The van der Waals surface area contributed by atoms with Gasteiger partial charge in [-0.25, -0.2) is 0 Å². The predicted molar refractivity (Wildman–Crippen MR) is 83.2 cm³/mol. The number of benzene rings is 1. The average molecular weight is 304 g/mol. The molecule has 1 aromatic carbocycles. The molecule has 0 radical (unpaired) electrons. The second-order valence-electron chi connectivity index (χ2n) is 4.55. The van der Waals surface area contributed by atoms with E-state index in [0.29, 0.717) is 10.0 Å². The van der Waals surface area contributed by atoms with Crippen molar-refractivity contribution in [2.45, 2.75) is 39.2 Å². The Labute approximate surface area is 126 Å². The van der Waals surface area contributed by atoms with Crippen LogP contribution in [0.3, 0.4) is 0 Å². The molecule has 0 heterocycles. The third-order valence-corrected chi connectivity index (χ3v) is 3.73. The number of nitrogens with one attached hydrogen (secondary N) is 1. The van der Waals surface area contributed by atoms with E-state index in [-0.39, 0.29) is 6.04 Å². The summed E-state index contributed by atoms with van der Waals surface area (Å²) >= 11 is 12.4. The van der Waals surface area contributed by atoms with Crippen LogP contribution in [0, 0.1) is 0 Å². The highest BCUT2D eigenvalue weighted by molar-refractivity contribution is 6.42. The molecular formula is C15H23Cl2NO. The van der Waals surface area contributed by atoms with E-state index in [9.17, 15) is 0 Å². The molecule has 0 spiro atoms. The molecule has 4 heteroatoms. The molecule has 1 rings (SSSR count). The number of hydrogen-bond donors (Lipinski definition) is 1. The molecule has 0 aliphatic rings. The minimum Gasteiger partial charge on any atom is -0.381 e. The lowest BCUT2D eigenvalue weighted by atomic mass is 10.0. The summed E-state index contributed by atoms with van der Waals surface area (Å²) < 4.78 is 5.57. The van der Waals surface area contributed by atoms with Gasteiger partial charge in [0.25, 0.3) is 0 Å². The lowest BCUT2D eigenvalue weighted by Gasteiger charge is -2.20. The molecule has 1 unspecified atom stereocenters. The summed E-state index contributed by atoms with van der Waals surface area (Å²) in [4.78, 5) is 0. The van der Waals surface area contributed by atoms with Gasteiger partial charge in [-0.2, -0.15) is 0 Å². The van der Waals surface area contributed by atoms with Crippen LogP contribution in [0.1, 0.15) is 44.7 Å². The largest absolute Gasteiger partial charge is 0.381 e. The summed E-state index contributed by atoms with van der Waals surface area (Å²) in [6.45, 7) is 6.76. The molecule has 1 atom stereocenters. The molecular weight excluding hydrogens is 281 g/mol. The quantitative estimate of drug-likeness (QED) is 0.658. The van der Waals surface area contributed by atoms with Gasteiger partial charge in [0.2, 0.25) is 0 Å². The van der Waals surface area contributed by atoms with E-state index in [0.717, 1.165) is 44.6 Å². The van der Waals surface area contributed by atoms with Crippen molar-refractivity contribution in [2.75, 3.05) is 19.8 Å². The fourth-order valence-corrected chi connectivity index (χ4v) is 2.36. The summed E-state index contributed by atoms with van der Waals surface area (Å²) in [6.07, 6.45) is 3.04. The zero-order chi connectivity index (χ0) is 14.1. The standard InChI is InChI=1S/C15H23Cl2NO/c1-3-9-18-14(8-11-19-10-4-2)12-6-5-7-13(16)15(12)17/h5-7,14,18H,3-4,8-11H2,1-2H3. The first-order valence-corrected chi connectivity index (χ1v) is 7.71. The second-order valence-corrected chi connectivity index (χ2v) is 5.34. The van der Waals surface area contributed by atoms with E-state index in [1.54, 1.807) is 0 Å². The van der Waals surface area contributed by atoms with Crippen molar-refractivity contribution in [1.29, 1.82) is 0 Å². The SMILES string of the molecule is CCCNC(CCOCCC)c1cccc(Cl)c1Cl. The maximum atomic E-state index is 6.29. The minimum absolute atomic E-state index is 0.197. The Bertz CT molecular complexity index is 371. The molecule has 0 fully saturated rings. The summed E-state index contributed by atoms with van der Waals surface area (Å²) in [6, 6.07) is 5.99. The molecule has 19 heavy (non-hydrogen) atoms. The van der Waals surface area contributed by atoms with Gasteiger partial charge >= 0.3 is 0 Å². The van der Waals surface area contributed by atoms with Gasteiger partial charge in [0.1, 0.15) is 0 Å². The first-order chi connectivity index (χ1) is 9.20. The van der Waals surface area contributed by atoms with Crippen molar-refractivity contribution in [3.05, 3.63) is 33.8 Å². The maximum Gasteiger partial charge on any atom is 0.0640 e. The average Bonchev–Trinajstić information content (AvgIpc) is 2.42. The van der Waals surface area contributed by atoms with Crippen molar-refractivity contribution in [1.82, 2.24) is 5.32 Å². The van der Waals surface area contributed by atoms with Gasteiger partial charge in [-0.3, -0.25) is 0 Å². The third-order valence-electron chi connectivity index (χ3n) is 2.90. The van der Waals surface area contributed by atoms with Crippen LogP contribution in [0.15, 0.2) is 18.2 Å². The molecule has 0 saturated carbocycles. The summed E-state index contributed by atoms with van der Waals surface area (Å²) in [5.41, 5.74) is 1.06. The van der Waals surface area contributed by atoms with E-state index in [4.69, 9.17) is 27.9 Å². The molecule has 0 saturated heterocycles. The van der Waals surface area contributed by atoms with E-state index in [1.807, 2.05) is 18.2 Å². The highest BCUT2D eigenvalue weighted by atomic mass is 35.5. The van der Waals surface area contributed by atoms with Crippen molar-refractivity contribution in [2.24, 2.45) is 0 Å². The van der Waals surface area contributed by atoms with Crippen molar-refractivity contribution in [3.63, 3.8) is 0 Å². The second kappa shape index (κ2) is 9.60. The van der Waals surface area contributed by atoms with Crippen LogP contribution in [-0.4, -0.2) is 19.8 Å². The van der Waals surface area contributed by atoms with Gasteiger partial charge in [-0.05, 0) is 37.4 Å². The minimum atomic E-state index is 0.197. The normalized spacial score (nSPS) is 12.6. The molecule has 1 N–H and O–H groups in total. The molecule has 0 aliphatic carbocycles. The Morgan fingerprint density at radius 3 is 2.63 bits per heavy atom. The zero-order valence-electron chi connectivity index (χ0n) is 11.7. The highest BCUT2D eigenvalue weighted by Crippen LogP contribution is 2.31. The van der Waals surface area contributed by atoms with Gasteiger partial charge < -0.3 is 10.1 Å². The summed E-state index contributed by atoms with van der Waals surface area (Å²) in [7, 11) is 0. The highest BCUT2D eigenvalue weighted by Gasteiger charge is 2.15. The van der Waals surface area contributed by atoms with Crippen LogP contribution < -0.4 is 5.32 Å². The molecule has 1 aromatic rings. The Kier molecular flexibility index (Phi) is 8.47. The van der Waals surface area contributed by atoms with E-state index >= 15 is 0 Å². The Morgan fingerprint density at radius 1 is 1.16 bits per heavy atom. The van der Waals surface area contributed by atoms with E-state index < -0.39 is 0 Å². The van der Waals surface area contributed by atoms with Crippen LogP contribution in [-0.2, 0) is 4.74 Å². The molecule has 2 nitrogen and oxygen atoms in total. The van der Waals surface area contributed by atoms with Crippen LogP contribution in [0.5, 0.6) is 0 Å². The van der Waals surface area contributed by atoms with Gasteiger partial charge in [0.15, 0.2) is 0 Å². The van der Waals surface area contributed by atoms with Crippen LogP contribution in [0.4, 0.5) is 0 Å². The number of hydrogen-bond acceptors (Lipinski definition) is 2. The monoisotopic (exact) mass is 303 g/mol. The topological polar surface area (TPSA) is 21.3 Å². The fourth-order valence-electron chi connectivity index (χ4n) is 1.92. The molecule has 0 aliphatic heterocycles. The Hall–Kier alpha value is -0.280. The Balaban J connectivity index is 2.69. The van der Waals surface area contributed by atoms with Crippen LogP contribution >= 0.6 is 23.2 Å². The summed E-state index contributed by atoms with van der Waals surface area (Å²) in [5.74, 6) is 0. The van der Waals surface area contributed by atoms with Crippen molar-refractivity contribution in [3.8, 4) is 0 Å². The van der Waals surface area contributed by atoms with Crippen molar-refractivity contribution < 1.29 is 4.74 Å². The number of ether oxygens (including phenoxy) is 1. The van der Waals surface area contributed by atoms with Gasteiger partial charge in [0, 0.05) is 19.3 Å². The summed E-state index contributed by atoms with van der Waals surface area (Å²) in [5, 5.41) is 4.76. The van der Waals surface area contributed by atoms with Crippen molar-refractivity contribution >= 4 is 23.2 Å². The Morgan fingerprint density at radius 2 is 1.95 bits per heavy atom. The van der Waals surface area contributed by atoms with Crippen LogP contribution in [0.25, 0.3) is 0 Å². The third kappa shape index (κ3) is 5.70. The molecule has 0 aromatic heterocycles. The zero-order valence-corrected chi connectivity index (χ0v) is 13.2. The number of halogens is 2. The number of rotatable bonds is 9. The van der Waals surface area contributed by atoms with Gasteiger partial charge in [-0.15, -0.1) is 0 Å². The first kappa shape index (κ1) is 16.8. The lowest BCUT2D eigenvalue weighted by molar-refractivity contribution is 0.124. The molecule has 0 bridgehead atoms. The van der Waals surface area contributed by atoms with E-state index in [2.05, 4.69) is 19.2 Å². The van der Waals surface area contributed by atoms with Gasteiger partial charge in [-0.1, -0.05) is 49.2 Å². The van der Waals surface area contributed by atoms with Crippen LogP contribution in [0.2, 0.25) is 10.0 Å². The maximum absolute atomic E-state index is 6.29. The molecule has 108 valence electrons. The van der Waals surface area contributed by atoms with Gasteiger partial charge in [0.05, 0.1) is 10.0 Å². The molecule has 0 amide bonds. The lowest BCUT2D eigenvalue weighted by Crippen LogP contribution is -2.24. The fraction of sp³-hybridized carbons (Fsp3) is 0.600. The predicted octanol–water partition coefficient (Wildman–Crippen LogP) is 4.85.